The average Bonchev–Trinajstić information content (AvgIpc) is 2.73. The second-order valence-corrected chi connectivity index (χ2v) is 8.78. The maximum Gasteiger partial charge on any atom is 0.0468 e. The quantitative estimate of drug-likeness (QED) is 0.715. The largest absolute Gasteiger partial charge is 0.396 e. The molecule has 0 radical (unpaired) electrons. The third-order valence-electron chi connectivity index (χ3n) is 7.52. The summed E-state index contributed by atoms with van der Waals surface area (Å²) >= 11 is 0. The first-order chi connectivity index (χ1) is 8.70. The van der Waals surface area contributed by atoms with Gasteiger partial charge in [-0.05, 0) is 60.2 Å². The van der Waals surface area contributed by atoms with Crippen molar-refractivity contribution in [3.63, 3.8) is 0 Å². The summed E-state index contributed by atoms with van der Waals surface area (Å²) in [6.45, 7) is 12.8. The maximum absolute atomic E-state index is 9.44. The second kappa shape index (κ2) is 3.67. The van der Waals surface area contributed by atoms with Gasteiger partial charge in [-0.3, -0.25) is 0 Å². The Bertz CT molecular complexity index is 443. The van der Waals surface area contributed by atoms with Gasteiger partial charge in [-0.25, -0.2) is 0 Å². The first kappa shape index (κ1) is 13.7. The van der Waals surface area contributed by atoms with Crippen LogP contribution >= 0.6 is 0 Å². The number of hydrogen-bond donors (Lipinski definition) is 1. The summed E-state index contributed by atoms with van der Waals surface area (Å²) < 4.78 is 0. The van der Waals surface area contributed by atoms with Crippen molar-refractivity contribution < 1.29 is 5.11 Å². The van der Waals surface area contributed by atoms with Gasteiger partial charge in [0.25, 0.3) is 0 Å². The maximum atomic E-state index is 9.44. The van der Waals surface area contributed by atoms with Crippen molar-refractivity contribution in [3.05, 3.63) is 11.1 Å². The highest BCUT2D eigenvalue weighted by molar-refractivity contribution is 5.43. The van der Waals surface area contributed by atoms with Gasteiger partial charge in [-0.15, -0.1) is 0 Å². The molecule has 3 rings (SSSR count). The fourth-order valence-electron chi connectivity index (χ4n) is 5.89. The molecule has 2 fully saturated rings. The van der Waals surface area contributed by atoms with E-state index in [0.29, 0.717) is 28.3 Å². The van der Waals surface area contributed by atoms with E-state index in [0.717, 1.165) is 6.42 Å². The van der Waals surface area contributed by atoms with Crippen LogP contribution in [0.2, 0.25) is 0 Å². The molecule has 1 heteroatoms. The molecule has 3 aliphatic rings. The predicted molar refractivity (Wildman–Crippen MR) is 79.9 cm³/mol. The minimum absolute atomic E-state index is 0.322. The lowest BCUT2D eigenvalue weighted by Gasteiger charge is -2.54. The van der Waals surface area contributed by atoms with Gasteiger partial charge in [0, 0.05) is 6.61 Å². The fraction of sp³-hybridized carbons (Fsp3) is 0.889. The molecule has 2 atom stereocenters. The lowest BCUT2D eigenvalue weighted by atomic mass is 9.51. The normalized spacial score (nSPS) is 42.6. The Kier molecular flexibility index (Phi) is 2.64. The smallest absolute Gasteiger partial charge is 0.0468 e. The Hall–Kier alpha value is -0.300. The Labute approximate surface area is 118 Å². The molecule has 0 saturated heterocycles. The molecular weight excluding hydrogens is 232 g/mol. The van der Waals surface area contributed by atoms with E-state index in [1.807, 2.05) is 0 Å². The van der Waals surface area contributed by atoms with Gasteiger partial charge in [-0.2, -0.15) is 0 Å². The van der Waals surface area contributed by atoms with Gasteiger partial charge < -0.3 is 5.11 Å². The molecule has 0 amide bonds. The highest BCUT2D eigenvalue weighted by Crippen LogP contribution is 2.79. The number of rotatable bonds is 2. The molecule has 0 aromatic heterocycles. The zero-order valence-corrected chi connectivity index (χ0v) is 13.4. The molecule has 2 bridgehead atoms. The minimum atomic E-state index is 0.322. The van der Waals surface area contributed by atoms with Crippen molar-refractivity contribution in [2.24, 2.45) is 21.7 Å². The van der Waals surface area contributed by atoms with Crippen molar-refractivity contribution >= 4 is 0 Å². The van der Waals surface area contributed by atoms with Crippen LogP contribution in [0.4, 0.5) is 0 Å². The Morgan fingerprint density at radius 3 is 2.32 bits per heavy atom. The highest BCUT2D eigenvalue weighted by Gasteiger charge is 2.69. The molecule has 2 saturated carbocycles. The second-order valence-electron chi connectivity index (χ2n) is 8.78. The first-order valence-electron chi connectivity index (χ1n) is 8.04. The zero-order valence-electron chi connectivity index (χ0n) is 13.4. The van der Waals surface area contributed by atoms with Crippen LogP contribution in [-0.2, 0) is 0 Å². The van der Waals surface area contributed by atoms with Gasteiger partial charge in [0.1, 0.15) is 0 Å². The number of aliphatic hydroxyl groups excluding tert-OH is 1. The van der Waals surface area contributed by atoms with E-state index in [9.17, 15) is 5.11 Å². The van der Waals surface area contributed by atoms with Gasteiger partial charge in [-0.1, -0.05) is 45.8 Å². The standard InChI is InChI=1S/C18H30O/c1-15(2)8-6-13(7-11-19)14-16(3,4)17(5)9-10-18(14,15)12-17/h19H,6-12H2,1-5H3. The van der Waals surface area contributed by atoms with Gasteiger partial charge >= 0.3 is 0 Å². The predicted octanol–water partition coefficient (Wildman–Crippen LogP) is 4.70. The van der Waals surface area contributed by atoms with Crippen LogP contribution in [0, 0.1) is 21.7 Å². The number of hydrogen-bond acceptors (Lipinski definition) is 1. The van der Waals surface area contributed by atoms with E-state index < -0.39 is 0 Å². The van der Waals surface area contributed by atoms with E-state index in [1.54, 1.807) is 11.1 Å². The summed E-state index contributed by atoms with van der Waals surface area (Å²) in [5, 5.41) is 9.44. The Morgan fingerprint density at radius 1 is 1.00 bits per heavy atom. The molecule has 2 unspecified atom stereocenters. The number of fused-ring (bicyclic) bond motifs is 1. The fourth-order valence-corrected chi connectivity index (χ4v) is 5.89. The van der Waals surface area contributed by atoms with Crippen molar-refractivity contribution in [1.82, 2.24) is 0 Å². The molecule has 3 aliphatic carbocycles. The van der Waals surface area contributed by atoms with Crippen molar-refractivity contribution in [1.29, 1.82) is 0 Å². The molecule has 0 aliphatic heterocycles. The van der Waals surface area contributed by atoms with Crippen molar-refractivity contribution in [2.45, 2.75) is 73.1 Å². The minimum Gasteiger partial charge on any atom is -0.396 e. The Morgan fingerprint density at radius 2 is 1.68 bits per heavy atom. The van der Waals surface area contributed by atoms with E-state index in [4.69, 9.17) is 0 Å². The summed E-state index contributed by atoms with van der Waals surface area (Å²) in [6, 6.07) is 0. The summed E-state index contributed by atoms with van der Waals surface area (Å²) in [6.07, 6.45) is 7.57. The summed E-state index contributed by atoms with van der Waals surface area (Å²) in [7, 11) is 0. The van der Waals surface area contributed by atoms with E-state index in [-0.39, 0.29) is 0 Å². The molecule has 1 nitrogen and oxygen atoms in total. The monoisotopic (exact) mass is 262 g/mol. The van der Waals surface area contributed by atoms with Crippen LogP contribution in [0.25, 0.3) is 0 Å². The molecule has 108 valence electrons. The SMILES string of the molecule is CC1(C)CCC(CCO)=C2C(C)(C)C3(C)CCC21C3. The molecule has 0 aromatic rings. The zero-order chi connectivity index (χ0) is 14.1. The molecule has 1 spiro atoms. The number of allylic oxidation sites excluding steroid dienone is 1. The third-order valence-corrected chi connectivity index (χ3v) is 7.52. The molecular formula is C18H30O. The molecule has 19 heavy (non-hydrogen) atoms. The molecule has 1 N–H and O–H groups in total. The van der Waals surface area contributed by atoms with E-state index >= 15 is 0 Å². The van der Waals surface area contributed by atoms with Crippen LogP contribution in [0.15, 0.2) is 11.1 Å². The lowest BCUT2D eigenvalue weighted by Crippen LogP contribution is -2.43. The Balaban J connectivity index is 2.22. The van der Waals surface area contributed by atoms with Gasteiger partial charge in [0.15, 0.2) is 0 Å². The van der Waals surface area contributed by atoms with Gasteiger partial charge in [0.2, 0.25) is 0 Å². The van der Waals surface area contributed by atoms with E-state index in [2.05, 4.69) is 34.6 Å². The van der Waals surface area contributed by atoms with Crippen molar-refractivity contribution in [2.75, 3.05) is 6.61 Å². The molecule has 0 heterocycles. The summed E-state index contributed by atoms with van der Waals surface area (Å²) in [5.41, 5.74) is 5.05. The van der Waals surface area contributed by atoms with Gasteiger partial charge in [0.05, 0.1) is 0 Å². The highest BCUT2D eigenvalue weighted by atomic mass is 16.2. The lowest BCUT2D eigenvalue weighted by molar-refractivity contribution is 0.0803. The number of aliphatic hydroxyl groups is 1. The molecule has 0 aromatic carbocycles. The first-order valence-corrected chi connectivity index (χ1v) is 8.04. The average molecular weight is 262 g/mol. The topological polar surface area (TPSA) is 20.2 Å². The summed E-state index contributed by atoms with van der Waals surface area (Å²) in [5.74, 6) is 0. The third kappa shape index (κ3) is 1.41. The van der Waals surface area contributed by atoms with Crippen LogP contribution in [0.1, 0.15) is 73.1 Å². The summed E-state index contributed by atoms with van der Waals surface area (Å²) in [4.78, 5) is 0. The van der Waals surface area contributed by atoms with Crippen LogP contribution < -0.4 is 0 Å². The van der Waals surface area contributed by atoms with E-state index in [1.165, 1.54) is 32.1 Å². The van der Waals surface area contributed by atoms with Crippen LogP contribution in [-0.4, -0.2) is 11.7 Å². The van der Waals surface area contributed by atoms with Crippen LogP contribution in [0.3, 0.4) is 0 Å². The van der Waals surface area contributed by atoms with Crippen LogP contribution in [0.5, 0.6) is 0 Å². The van der Waals surface area contributed by atoms with Crippen molar-refractivity contribution in [3.8, 4) is 0 Å².